The van der Waals surface area contributed by atoms with Gasteiger partial charge in [-0.25, -0.2) is 0 Å². The summed E-state index contributed by atoms with van der Waals surface area (Å²) in [7, 11) is 0. The van der Waals surface area contributed by atoms with E-state index in [9.17, 15) is 9.59 Å². The van der Waals surface area contributed by atoms with Gasteiger partial charge in [0.2, 0.25) is 0 Å². The van der Waals surface area contributed by atoms with E-state index in [1.165, 1.54) is 6.26 Å². The third kappa shape index (κ3) is 5.46. The van der Waals surface area contributed by atoms with Crippen LogP contribution in [0.15, 0.2) is 22.8 Å². The van der Waals surface area contributed by atoms with E-state index in [4.69, 9.17) is 14.3 Å². The van der Waals surface area contributed by atoms with Gasteiger partial charge in [-0.3, -0.25) is 9.59 Å². The van der Waals surface area contributed by atoms with Gasteiger partial charge < -0.3 is 24.9 Å². The highest BCUT2D eigenvalue weighted by molar-refractivity contribution is 6.35. The summed E-state index contributed by atoms with van der Waals surface area (Å²) in [4.78, 5) is 22.6. The fraction of sp³-hybridized carbons (Fsp3) is 0.455. The van der Waals surface area contributed by atoms with Crippen molar-refractivity contribution in [2.75, 3.05) is 26.4 Å². The monoisotopic (exact) mass is 256 g/mol. The van der Waals surface area contributed by atoms with Crippen molar-refractivity contribution in [1.82, 2.24) is 10.6 Å². The van der Waals surface area contributed by atoms with Crippen molar-refractivity contribution < 1.29 is 23.8 Å². The Morgan fingerprint density at radius 3 is 2.72 bits per heavy atom. The summed E-state index contributed by atoms with van der Waals surface area (Å²) in [6, 6.07) is 3.39. The zero-order chi connectivity index (χ0) is 13.2. The normalized spacial score (nSPS) is 10.1. The van der Waals surface area contributed by atoms with Gasteiger partial charge in [-0.2, -0.15) is 0 Å². The summed E-state index contributed by atoms with van der Waals surface area (Å²) < 4.78 is 9.92. The first-order chi connectivity index (χ1) is 8.74. The molecule has 7 nitrogen and oxygen atoms in total. The Hall–Kier alpha value is -1.86. The Morgan fingerprint density at radius 2 is 2.06 bits per heavy atom. The van der Waals surface area contributed by atoms with Crippen LogP contribution in [0.25, 0.3) is 0 Å². The van der Waals surface area contributed by atoms with Gasteiger partial charge in [-0.15, -0.1) is 0 Å². The molecule has 0 aliphatic carbocycles. The quantitative estimate of drug-likeness (QED) is 0.430. The summed E-state index contributed by atoms with van der Waals surface area (Å²) in [6.45, 7) is 0.767. The molecule has 0 aromatic carbocycles. The number of carbonyl (C=O) groups is 2. The Bertz CT molecular complexity index is 364. The predicted molar refractivity (Wildman–Crippen MR) is 61.5 cm³/mol. The molecule has 0 radical (unpaired) electrons. The highest BCUT2D eigenvalue weighted by Crippen LogP contribution is 1.97. The molecule has 3 N–H and O–H groups in total. The SMILES string of the molecule is O=C(NCCOCCO)C(=O)NCc1ccco1. The van der Waals surface area contributed by atoms with Gasteiger partial charge >= 0.3 is 11.8 Å². The smallest absolute Gasteiger partial charge is 0.309 e. The number of hydrogen-bond donors (Lipinski definition) is 3. The summed E-state index contributed by atoms with van der Waals surface area (Å²) in [5.41, 5.74) is 0. The van der Waals surface area contributed by atoms with E-state index in [0.29, 0.717) is 5.76 Å². The Morgan fingerprint density at radius 1 is 1.28 bits per heavy atom. The molecule has 0 bridgehead atoms. The molecule has 0 atom stereocenters. The lowest BCUT2D eigenvalue weighted by Gasteiger charge is -2.05. The molecule has 0 aliphatic rings. The molecule has 1 heterocycles. The third-order valence-corrected chi connectivity index (χ3v) is 1.98. The van der Waals surface area contributed by atoms with Crippen molar-refractivity contribution in [2.45, 2.75) is 6.54 Å². The molecule has 7 heteroatoms. The maximum Gasteiger partial charge on any atom is 0.309 e. The van der Waals surface area contributed by atoms with Gasteiger partial charge in [-0.05, 0) is 12.1 Å². The summed E-state index contributed by atoms with van der Waals surface area (Å²) in [6.07, 6.45) is 1.49. The molecule has 1 aromatic rings. The molecule has 0 spiro atoms. The minimum atomic E-state index is -0.728. The van der Waals surface area contributed by atoms with E-state index >= 15 is 0 Å². The van der Waals surface area contributed by atoms with Gasteiger partial charge in [0.15, 0.2) is 0 Å². The van der Waals surface area contributed by atoms with Crippen LogP contribution in [-0.4, -0.2) is 43.3 Å². The molecule has 18 heavy (non-hydrogen) atoms. The minimum Gasteiger partial charge on any atom is -0.467 e. The highest BCUT2D eigenvalue weighted by Gasteiger charge is 2.12. The lowest BCUT2D eigenvalue weighted by Crippen LogP contribution is -2.40. The molecule has 0 unspecified atom stereocenters. The molecule has 1 aromatic heterocycles. The second-order valence-electron chi connectivity index (χ2n) is 3.35. The Balaban J connectivity index is 2.11. The lowest BCUT2D eigenvalue weighted by molar-refractivity contribution is -0.139. The highest BCUT2D eigenvalue weighted by atomic mass is 16.5. The molecule has 1 rings (SSSR count). The molecule has 0 saturated carbocycles. The number of aliphatic hydroxyl groups is 1. The van der Waals surface area contributed by atoms with E-state index in [0.717, 1.165) is 0 Å². The third-order valence-electron chi connectivity index (χ3n) is 1.98. The summed E-state index contributed by atoms with van der Waals surface area (Å²) in [5, 5.41) is 13.2. The maximum absolute atomic E-state index is 11.3. The van der Waals surface area contributed by atoms with Crippen molar-refractivity contribution in [3.05, 3.63) is 24.2 Å². The first kappa shape index (κ1) is 14.2. The standard InChI is InChI=1S/C11H16N2O5/c14-4-7-17-6-3-12-10(15)11(16)13-8-9-2-1-5-18-9/h1-2,5,14H,3-4,6-8H2,(H,12,15)(H,13,16). The molecule has 100 valence electrons. The fourth-order valence-corrected chi connectivity index (χ4v) is 1.14. The number of ether oxygens (including phenoxy) is 1. The van der Waals surface area contributed by atoms with E-state index in [-0.39, 0.29) is 32.9 Å². The molecule has 0 fully saturated rings. The fourth-order valence-electron chi connectivity index (χ4n) is 1.14. The second kappa shape index (κ2) is 8.26. The number of amides is 2. The van der Waals surface area contributed by atoms with Gasteiger partial charge in [0.05, 0.1) is 32.6 Å². The molecular formula is C11H16N2O5. The average molecular weight is 256 g/mol. The number of nitrogens with one attached hydrogen (secondary N) is 2. The Kier molecular flexibility index (Phi) is 6.52. The number of carbonyl (C=O) groups excluding carboxylic acids is 2. The number of furan rings is 1. The minimum absolute atomic E-state index is 0.0718. The van der Waals surface area contributed by atoms with E-state index in [1.54, 1.807) is 12.1 Å². The van der Waals surface area contributed by atoms with Crippen LogP contribution in [0.2, 0.25) is 0 Å². The number of hydrogen-bond acceptors (Lipinski definition) is 5. The predicted octanol–water partition coefficient (Wildman–Crippen LogP) is -0.979. The van der Waals surface area contributed by atoms with Crippen LogP contribution in [0.4, 0.5) is 0 Å². The zero-order valence-electron chi connectivity index (χ0n) is 9.85. The van der Waals surface area contributed by atoms with Crippen LogP contribution in [0.5, 0.6) is 0 Å². The summed E-state index contributed by atoms with van der Waals surface area (Å²) in [5.74, 6) is -0.884. The van der Waals surface area contributed by atoms with E-state index < -0.39 is 11.8 Å². The first-order valence-corrected chi connectivity index (χ1v) is 5.51. The van der Waals surface area contributed by atoms with Crippen LogP contribution < -0.4 is 10.6 Å². The van der Waals surface area contributed by atoms with Gasteiger partial charge in [0.25, 0.3) is 0 Å². The molecule has 0 saturated heterocycles. The van der Waals surface area contributed by atoms with Gasteiger partial charge in [0, 0.05) is 6.54 Å². The van der Waals surface area contributed by atoms with Crippen molar-refractivity contribution in [3.8, 4) is 0 Å². The Labute approximate surface area is 104 Å². The second-order valence-corrected chi connectivity index (χ2v) is 3.35. The number of rotatable bonds is 7. The topological polar surface area (TPSA) is 101 Å². The molecular weight excluding hydrogens is 240 g/mol. The van der Waals surface area contributed by atoms with Crippen LogP contribution in [0, 0.1) is 0 Å². The zero-order valence-corrected chi connectivity index (χ0v) is 9.85. The molecule has 2 amide bonds. The van der Waals surface area contributed by atoms with E-state index in [2.05, 4.69) is 10.6 Å². The van der Waals surface area contributed by atoms with E-state index in [1.807, 2.05) is 0 Å². The van der Waals surface area contributed by atoms with Crippen LogP contribution in [0.3, 0.4) is 0 Å². The van der Waals surface area contributed by atoms with Crippen molar-refractivity contribution in [2.24, 2.45) is 0 Å². The first-order valence-electron chi connectivity index (χ1n) is 5.51. The summed E-state index contributed by atoms with van der Waals surface area (Å²) >= 11 is 0. The van der Waals surface area contributed by atoms with Gasteiger partial charge in [-0.1, -0.05) is 0 Å². The lowest BCUT2D eigenvalue weighted by atomic mass is 10.4. The largest absolute Gasteiger partial charge is 0.467 e. The van der Waals surface area contributed by atoms with Crippen LogP contribution in [0.1, 0.15) is 5.76 Å². The molecule has 0 aliphatic heterocycles. The van der Waals surface area contributed by atoms with Gasteiger partial charge in [0.1, 0.15) is 5.76 Å². The van der Waals surface area contributed by atoms with Crippen LogP contribution in [-0.2, 0) is 20.9 Å². The maximum atomic E-state index is 11.3. The number of aliphatic hydroxyl groups excluding tert-OH is 1. The average Bonchev–Trinajstić information content (AvgIpc) is 2.88. The van der Waals surface area contributed by atoms with Crippen molar-refractivity contribution in [3.63, 3.8) is 0 Å². The van der Waals surface area contributed by atoms with Crippen molar-refractivity contribution in [1.29, 1.82) is 0 Å². The van der Waals surface area contributed by atoms with Crippen LogP contribution >= 0.6 is 0 Å². The van der Waals surface area contributed by atoms with Crippen molar-refractivity contribution >= 4 is 11.8 Å².